The number of fused-ring (bicyclic) bond motifs is 1. The monoisotopic (exact) mass is 466 g/mol. The fourth-order valence-electron chi connectivity index (χ4n) is 4.69. The van der Waals surface area contributed by atoms with E-state index >= 15 is 0 Å². The SMILES string of the molecule is O=C(Cc1ccc(-c2ccccc2)cc1)NCc1nc2ccccc2n1CC(=O)N1CCCCC1. The molecule has 0 saturated carbocycles. The van der Waals surface area contributed by atoms with Crippen molar-refractivity contribution in [2.24, 2.45) is 0 Å². The number of hydrogen-bond acceptors (Lipinski definition) is 3. The molecular weight excluding hydrogens is 436 g/mol. The number of carbonyl (C=O) groups excluding carboxylic acids is 2. The Morgan fingerprint density at radius 3 is 2.26 bits per heavy atom. The summed E-state index contributed by atoms with van der Waals surface area (Å²) in [5, 5.41) is 3.00. The Balaban J connectivity index is 1.25. The zero-order valence-electron chi connectivity index (χ0n) is 19.8. The molecule has 1 saturated heterocycles. The van der Waals surface area contributed by atoms with Crippen LogP contribution in [0.25, 0.3) is 22.2 Å². The minimum atomic E-state index is -0.0709. The van der Waals surface area contributed by atoms with Gasteiger partial charge in [0.25, 0.3) is 0 Å². The van der Waals surface area contributed by atoms with Gasteiger partial charge in [-0.25, -0.2) is 4.98 Å². The van der Waals surface area contributed by atoms with Gasteiger partial charge in [-0.05, 0) is 48.1 Å². The molecule has 2 heterocycles. The molecule has 6 heteroatoms. The summed E-state index contributed by atoms with van der Waals surface area (Å²) >= 11 is 0. The molecule has 4 aromatic rings. The van der Waals surface area contributed by atoms with E-state index in [9.17, 15) is 9.59 Å². The average Bonchev–Trinajstić information content (AvgIpc) is 3.26. The van der Waals surface area contributed by atoms with Crippen molar-refractivity contribution in [1.29, 1.82) is 0 Å². The standard InChI is InChI=1S/C29H30N4O2/c34-28(19-22-13-15-24(16-14-22)23-9-3-1-4-10-23)30-20-27-31-25-11-5-6-12-26(25)33(27)21-29(35)32-17-7-2-8-18-32/h1,3-6,9-16H,2,7-8,17-21H2,(H,30,34). The van der Waals surface area contributed by atoms with E-state index in [-0.39, 0.29) is 24.9 Å². The molecule has 5 rings (SSSR count). The highest BCUT2D eigenvalue weighted by Gasteiger charge is 2.20. The largest absolute Gasteiger partial charge is 0.349 e. The minimum Gasteiger partial charge on any atom is -0.349 e. The van der Waals surface area contributed by atoms with Crippen molar-refractivity contribution in [1.82, 2.24) is 19.8 Å². The second kappa shape index (κ2) is 10.6. The van der Waals surface area contributed by atoms with Crippen LogP contribution >= 0.6 is 0 Å². The number of aromatic nitrogens is 2. The van der Waals surface area contributed by atoms with Gasteiger partial charge in [0.2, 0.25) is 11.8 Å². The number of hydrogen-bond donors (Lipinski definition) is 1. The summed E-state index contributed by atoms with van der Waals surface area (Å²) in [6, 6.07) is 26.1. The van der Waals surface area contributed by atoms with Crippen LogP contribution in [0.3, 0.4) is 0 Å². The Bertz CT molecular complexity index is 1310. The summed E-state index contributed by atoms with van der Waals surface area (Å²) in [5.41, 5.74) is 4.98. The third-order valence-electron chi connectivity index (χ3n) is 6.61. The highest BCUT2D eigenvalue weighted by Crippen LogP contribution is 2.20. The summed E-state index contributed by atoms with van der Waals surface area (Å²) in [7, 11) is 0. The lowest BCUT2D eigenvalue weighted by Gasteiger charge is -2.27. The number of carbonyl (C=O) groups is 2. The summed E-state index contributed by atoms with van der Waals surface area (Å²) in [6.07, 6.45) is 3.60. The first-order chi connectivity index (χ1) is 17.2. The normalized spacial score (nSPS) is 13.7. The van der Waals surface area contributed by atoms with Gasteiger partial charge in [0.1, 0.15) is 12.4 Å². The molecule has 0 bridgehead atoms. The fraction of sp³-hybridized carbons (Fsp3) is 0.276. The topological polar surface area (TPSA) is 67.2 Å². The number of rotatable bonds is 7. The Morgan fingerprint density at radius 2 is 1.49 bits per heavy atom. The molecule has 2 amide bonds. The van der Waals surface area contributed by atoms with Crippen molar-refractivity contribution >= 4 is 22.8 Å². The lowest BCUT2D eigenvalue weighted by Crippen LogP contribution is -2.38. The summed E-state index contributed by atoms with van der Waals surface area (Å²) in [5.74, 6) is 0.738. The number of para-hydroxylation sites is 2. The first-order valence-corrected chi connectivity index (χ1v) is 12.3. The number of piperidine rings is 1. The van der Waals surface area contributed by atoms with Crippen molar-refractivity contribution in [3.63, 3.8) is 0 Å². The van der Waals surface area contributed by atoms with E-state index in [1.54, 1.807) is 0 Å². The molecule has 0 spiro atoms. The molecule has 6 nitrogen and oxygen atoms in total. The van der Waals surface area contributed by atoms with Crippen molar-refractivity contribution < 1.29 is 9.59 Å². The van der Waals surface area contributed by atoms with Gasteiger partial charge in [-0.2, -0.15) is 0 Å². The van der Waals surface area contributed by atoms with Crippen LogP contribution in [0.5, 0.6) is 0 Å². The molecule has 1 aliphatic rings. The number of nitrogens with zero attached hydrogens (tertiary/aromatic N) is 3. The molecule has 1 fully saturated rings. The highest BCUT2D eigenvalue weighted by molar-refractivity contribution is 5.82. The zero-order valence-corrected chi connectivity index (χ0v) is 19.8. The van der Waals surface area contributed by atoms with Gasteiger partial charge in [-0.1, -0.05) is 66.7 Å². The first-order valence-electron chi connectivity index (χ1n) is 12.3. The smallest absolute Gasteiger partial charge is 0.242 e. The van der Waals surface area contributed by atoms with Gasteiger partial charge < -0.3 is 14.8 Å². The van der Waals surface area contributed by atoms with Crippen LogP contribution in [-0.2, 0) is 29.1 Å². The molecule has 1 aromatic heterocycles. The summed E-state index contributed by atoms with van der Waals surface area (Å²) in [6.45, 7) is 2.16. The lowest BCUT2D eigenvalue weighted by molar-refractivity contribution is -0.132. The lowest BCUT2D eigenvalue weighted by atomic mass is 10.0. The van der Waals surface area contributed by atoms with Crippen LogP contribution < -0.4 is 5.32 Å². The third-order valence-corrected chi connectivity index (χ3v) is 6.61. The van der Waals surface area contributed by atoms with Crippen LogP contribution in [0.1, 0.15) is 30.7 Å². The van der Waals surface area contributed by atoms with Gasteiger partial charge in [-0.3, -0.25) is 9.59 Å². The molecular formula is C29H30N4O2. The number of likely N-dealkylation sites (tertiary alicyclic amines) is 1. The van der Waals surface area contributed by atoms with Gasteiger partial charge in [0, 0.05) is 13.1 Å². The Labute approximate surface area is 205 Å². The Hall–Kier alpha value is -3.93. The quantitative estimate of drug-likeness (QED) is 0.434. The molecule has 1 N–H and O–H groups in total. The number of benzene rings is 3. The Morgan fingerprint density at radius 1 is 0.800 bits per heavy atom. The molecule has 1 aliphatic heterocycles. The maximum atomic E-state index is 13.0. The van der Waals surface area contributed by atoms with Crippen molar-refractivity contribution in [2.75, 3.05) is 13.1 Å². The van der Waals surface area contributed by atoms with Crippen molar-refractivity contribution in [3.8, 4) is 11.1 Å². The van der Waals surface area contributed by atoms with Crippen LogP contribution in [0.15, 0.2) is 78.9 Å². The van der Waals surface area contributed by atoms with E-state index in [1.165, 1.54) is 6.42 Å². The predicted molar refractivity (Wildman–Crippen MR) is 138 cm³/mol. The van der Waals surface area contributed by atoms with E-state index in [0.717, 1.165) is 53.7 Å². The third kappa shape index (κ3) is 5.43. The maximum Gasteiger partial charge on any atom is 0.242 e. The molecule has 35 heavy (non-hydrogen) atoms. The van der Waals surface area contributed by atoms with E-state index < -0.39 is 0 Å². The van der Waals surface area contributed by atoms with Crippen LogP contribution in [0.4, 0.5) is 0 Å². The maximum absolute atomic E-state index is 13.0. The molecule has 0 unspecified atom stereocenters. The second-order valence-corrected chi connectivity index (χ2v) is 9.06. The second-order valence-electron chi connectivity index (χ2n) is 9.06. The van der Waals surface area contributed by atoms with E-state index in [0.29, 0.717) is 12.2 Å². The number of imidazole rings is 1. The minimum absolute atomic E-state index is 0.0709. The van der Waals surface area contributed by atoms with Crippen molar-refractivity contribution in [3.05, 3.63) is 90.3 Å². The highest BCUT2D eigenvalue weighted by atomic mass is 16.2. The van der Waals surface area contributed by atoms with E-state index in [4.69, 9.17) is 4.98 Å². The zero-order chi connectivity index (χ0) is 24.0. The average molecular weight is 467 g/mol. The predicted octanol–water partition coefficient (Wildman–Crippen LogP) is 4.57. The van der Waals surface area contributed by atoms with Gasteiger partial charge in [0.15, 0.2) is 0 Å². The first kappa shape index (κ1) is 22.8. The summed E-state index contributed by atoms with van der Waals surface area (Å²) < 4.78 is 1.95. The molecule has 178 valence electrons. The van der Waals surface area contributed by atoms with Gasteiger partial charge in [0.05, 0.1) is 24.0 Å². The van der Waals surface area contributed by atoms with Crippen molar-refractivity contribution in [2.45, 2.75) is 38.8 Å². The molecule has 3 aromatic carbocycles. The van der Waals surface area contributed by atoms with Gasteiger partial charge in [-0.15, -0.1) is 0 Å². The molecule has 0 radical (unpaired) electrons. The number of amides is 2. The van der Waals surface area contributed by atoms with E-state index in [2.05, 4.69) is 17.4 Å². The van der Waals surface area contributed by atoms with Crippen LogP contribution in [0.2, 0.25) is 0 Å². The molecule has 0 atom stereocenters. The van der Waals surface area contributed by atoms with E-state index in [1.807, 2.05) is 76.2 Å². The fourth-order valence-corrected chi connectivity index (χ4v) is 4.69. The van der Waals surface area contributed by atoms with Crippen LogP contribution in [-0.4, -0.2) is 39.4 Å². The van der Waals surface area contributed by atoms with Crippen LogP contribution in [0, 0.1) is 0 Å². The number of nitrogens with one attached hydrogen (secondary N) is 1. The Kier molecular flexibility index (Phi) is 6.89. The summed E-state index contributed by atoms with van der Waals surface area (Å²) in [4.78, 5) is 32.3. The van der Waals surface area contributed by atoms with Gasteiger partial charge >= 0.3 is 0 Å². The molecule has 0 aliphatic carbocycles.